The van der Waals surface area contributed by atoms with Crippen molar-refractivity contribution >= 4 is 11.9 Å². The zero-order chi connectivity index (χ0) is 15.2. The molecule has 21 heavy (non-hydrogen) atoms. The van der Waals surface area contributed by atoms with Crippen molar-refractivity contribution in [3.63, 3.8) is 0 Å². The zero-order valence-corrected chi connectivity index (χ0v) is 12.8. The summed E-state index contributed by atoms with van der Waals surface area (Å²) in [7, 11) is 0. The van der Waals surface area contributed by atoms with Crippen LogP contribution in [0, 0.1) is 0 Å². The number of nitrogens with two attached hydrogens (primary N) is 1. The zero-order valence-electron chi connectivity index (χ0n) is 12.8. The third-order valence-electron chi connectivity index (χ3n) is 4.57. The van der Waals surface area contributed by atoms with Gasteiger partial charge in [-0.2, -0.15) is 0 Å². The highest BCUT2D eigenvalue weighted by Gasteiger charge is 2.28. The summed E-state index contributed by atoms with van der Waals surface area (Å²) in [6.07, 6.45) is 5.44. The number of hydrogen-bond acceptors (Lipinski definition) is 4. The molecule has 0 aromatic rings. The first-order valence-electron chi connectivity index (χ1n) is 7.92. The second kappa shape index (κ2) is 7.49. The molecule has 1 aliphatic carbocycles. The number of nitrogens with zero attached hydrogens (tertiary/aromatic N) is 3. The van der Waals surface area contributed by atoms with Crippen LogP contribution in [0.1, 0.15) is 39.0 Å². The smallest absolute Gasteiger partial charge is 0.317 e. The highest BCUT2D eigenvalue weighted by Crippen LogP contribution is 2.18. The van der Waals surface area contributed by atoms with Crippen molar-refractivity contribution in [1.82, 2.24) is 15.1 Å². The van der Waals surface area contributed by atoms with Gasteiger partial charge in [0.1, 0.15) is 0 Å². The summed E-state index contributed by atoms with van der Waals surface area (Å²) in [6, 6.07) is 0.365. The molecule has 120 valence electrons. The lowest BCUT2D eigenvalue weighted by molar-refractivity contribution is 0.123. The van der Waals surface area contributed by atoms with Gasteiger partial charge in [0.2, 0.25) is 0 Å². The van der Waals surface area contributed by atoms with Gasteiger partial charge in [-0.05, 0) is 19.3 Å². The lowest BCUT2D eigenvalue weighted by Crippen LogP contribution is -2.57. The van der Waals surface area contributed by atoms with E-state index in [0.717, 1.165) is 32.4 Å². The Hall–Kier alpha value is -1.50. The van der Waals surface area contributed by atoms with Crippen molar-refractivity contribution < 1.29 is 10.0 Å². The van der Waals surface area contributed by atoms with Crippen molar-refractivity contribution in [2.45, 2.75) is 51.1 Å². The molecule has 0 radical (unpaired) electrons. The molecule has 4 N–H and O–H groups in total. The summed E-state index contributed by atoms with van der Waals surface area (Å²) < 4.78 is 0. The maximum atomic E-state index is 12.2. The Balaban J connectivity index is 1.80. The summed E-state index contributed by atoms with van der Waals surface area (Å²) >= 11 is 0. The fourth-order valence-electron chi connectivity index (χ4n) is 3.29. The van der Waals surface area contributed by atoms with Gasteiger partial charge in [0.15, 0.2) is 5.84 Å². The summed E-state index contributed by atoms with van der Waals surface area (Å²) in [5.74, 6) is 0.251. The Morgan fingerprint density at radius 1 is 1.33 bits per heavy atom. The first-order valence-corrected chi connectivity index (χ1v) is 7.92. The number of urea groups is 1. The molecular weight excluding hydrogens is 270 g/mol. The van der Waals surface area contributed by atoms with E-state index in [4.69, 9.17) is 10.9 Å². The van der Waals surface area contributed by atoms with E-state index in [9.17, 15) is 4.79 Å². The molecular formula is C14H27N5O2. The summed E-state index contributed by atoms with van der Waals surface area (Å²) in [4.78, 5) is 16.2. The number of oxime groups is 1. The molecule has 1 saturated heterocycles. The minimum Gasteiger partial charge on any atom is -0.409 e. The van der Waals surface area contributed by atoms with Crippen LogP contribution in [-0.2, 0) is 0 Å². The van der Waals surface area contributed by atoms with Gasteiger partial charge in [-0.15, -0.1) is 0 Å². The Morgan fingerprint density at radius 3 is 2.48 bits per heavy atom. The van der Waals surface area contributed by atoms with Gasteiger partial charge in [0.05, 0.1) is 6.04 Å². The van der Waals surface area contributed by atoms with Crippen LogP contribution in [0.15, 0.2) is 5.16 Å². The molecule has 2 rings (SSSR count). The molecule has 1 aliphatic heterocycles. The van der Waals surface area contributed by atoms with Crippen LogP contribution >= 0.6 is 0 Å². The van der Waals surface area contributed by atoms with Gasteiger partial charge >= 0.3 is 6.03 Å². The molecule has 0 spiro atoms. The van der Waals surface area contributed by atoms with Gasteiger partial charge in [0.25, 0.3) is 0 Å². The Morgan fingerprint density at radius 2 is 1.95 bits per heavy atom. The van der Waals surface area contributed by atoms with Gasteiger partial charge in [0, 0.05) is 32.2 Å². The van der Waals surface area contributed by atoms with Gasteiger partial charge < -0.3 is 21.2 Å². The maximum absolute atomic E-state index is 12.2. The van der Waals surface area contributed by atoms with Crippen molar-refractivity contribution in [2.24, 2.45) is 10.9 Å². The molecule has 0 bridgehead atoms. The first-order chi connectivity index (χ1) is 10.2. The number of carbonyl (C=O) groups excluding carboxylic acids is 1. The third kappa shape index (κ3) is 4.00. The molecule has 1 unspecified atom stereocenters. The molecule has 0 aromatic carbocycles. The molecule has 2 amide bonds. The molecule has 2 fully saturated rings. The normalized spacial score (nSPS) is 23.3. The number of piperazine rings is 1. The van der Waals surface area contributed by atoms with Crippen LogP contribution < -0.4 is 11.1 Å². The molecule has 2 aliphatic rings. The summed E-state index contributed by atoms with van der Waals surface area (Å²) in [5, 5.41) is 15.1. The molecule has 1 heterocycles. The van der Waals surface area contributed by atoms with E-state index in [-0.39, 0.29) is 17.9 Å². The van der Waals surface area contributed by atoms with Gasteiger partial charge in [-0.25, -0.2) is 4.79 Å². The summed E-state index contributed by atoms with van der Waals surface area (Å²) in [6.45, 7) is 4.91. The number of rotatable bonds is 4. The fourth-order valence-corrected chi connectivity index (χ4v) is 3.29. The van der Waals surface area contributed by atoms with Crippen LogP contribution in [0.3, 0.4) is 0 Å². The largest absolute Gasteiger partial charge is 0.409 e. The molecule has 0 aromatic heterocycles. The van der Waals surface area contributed by atoms with Gasteiger partial charge in [-0.1, -0.05) is 24.9 Å². The lowest BCUT2D eigenvalue weighted by Gasteiger charge is -2.38. The number of nitrogens with one attached hydrogen (secondary N) is 1. The average Bonchev–Trinajstić information content (AvgIpc) is 3.01. The van der Waals surface area contributed by atoms with E-state index < -0.39 is 0 Å². The fraction of sp³-hybridized carbons (Fsp3) is 0.857. The van der Waals surface area contributed by atoms with Crippen molar-refractivity contribution in [3.8, 4) is 0 Å². The molecule has 7 heteroatoms. The van der Waals surface area contributed by atoms with E-state index in [1.807, 2.05) is 11.8 Å². The predicted octanol–water partition coefficient (Wildman–Crippen LogP) is 0.781. The van der Waals surface area contributed by atoms with Crippen LogP contribution in [-0.4, -0.2) is 65.1 Å². The molecule has 7 nitrogen and oxygen atoms in total. The highest BCUT2D eigenvalue weighted by atomic mass is 16.4. The number of amides is 2. The van der Waals surface area contributed by atoms with Crippen LogP contribution in [0.5, 0.6) is 0 Å². The monoisotopic (exact) mass is 297 g/mol. The quantitative estimate of drug-likeness (QED) is 0.309. The van der Waals surface area contributed by atoms with Crippen molar-refractivity contribution in [2.75, 3.05) is 26.2 Å². The highest BCUT2D eigenvalue weighted by molar-refractivity contribution is 5.85. The van der Waals surface area contributed by atoms with E-state index in [2.05, 4.69) is 15.4 Å². The van der Waals surface area contributed by atoms with Crippen molar-refractivity contribution in [1.29, 1.82) is 0 Å². The minimum absolute atomic E-state index is 0.0463. The van der Waals surface area contributed by atoms with Crippen LogP contribution in [0.2, 0.25) is 0 Å². The number of amidine groups is 1. The van der Waals surface area contributed by atoms with Gasteiger partial charge in [-0.3, -0.25) is 4.90 Å². The number of carbonyl (C=O) groups is 1. The SMILES string of the molecule is CCC(C(N)=NO)N1CCN(C(=O)NC2CCCC2)CC1. The first kappa shape index (κ1) is 15.9. The standard InChI is InChI=1S/C14H27N5O2/c1-2-12(13(15)17-21)18-7-9-19(10-8-18)14(20)16-11-5-3-4-6-11/h11-12,21H,2-10H2,1H3,(H2,15,17)(H,16,20). The van der Waals surface area contributed by atoms with E-state index in [0.29, 0.717) is 19.1 Å². The lowest BCUT2D eigenvalue weighted by atomic mass is 10.1. The van der Waals surface area contributed by atoms with E-state index >= 15 is 0 Å². The van der Waals surface area contributed by atoms with Crippen molar-refractivity contribution in [3.05, 3.63) is 0 Å². The topological polar surface area (TPSA) is 94.2 Å². The third-order valence-corrected chi connectivity index (χ3v) is 4.57. The Bertz CT molecular complexity index is 374. The van der Waals surface area contributed by atoms with E-state index in [1.54, 1.807) is 0 Å². The second-order valence-corrected chi connectivity index (χ2v) is 5.90. The predicted molar refractivity (Wildman–Crippen MR) is 81.4 cm³/mol. The van der Waals surface area contributed by atoms with Crippen LogP contribution in [0.4, 0.5) is 4.79 Å². The summed E-state index contributed by atoms with van der Waals surface area (Å²) in [5.41, 5.74) is 5.73. The van der Waals surface area contributed by atoms with E-state index in [1.165, 1.54) is 12.8 Å². The Kier molecular flexibility index (Phi) is 5.67. The maximum Gasteiger partial charge on any atom is 0.317 e. The molecule has 1 saturated carbocycles. The second-order valence-electron chi connectivity index (χ2n) is 5.90. The van der Waals surface area contributed by atoms with Crippen LogP contribution in [0.25, 0.3) is 0 Å². The molecule has 1 atom stereocenters. The average molecular weight is 297 g/mol. The minimum atomic E-state index is -0.0463. The number of hydrogen-bond donors (Lipinski definition) is 3. The Labute approximate surface area is 126 Å².